The quantitative estimate of drug-likeness (QED) is 0.422. The van der Waals surface area contributed by atoms with E-state index in [-0.39, 0.29) is 23.2 Å². The van der Waals surface area contributed by atoms with Crippen molar-refractivity contribution in [3.8, 4) is 0 Å². The summed E-state index contributed by atoms with van der Waals surface area (Å²) in [6, 6.07) is 3.68. The second kappa shape index (κ2) is 7.77. The molecule has 3 aromatic rings. The van der Waals surface area contributed by atoms with Crippen LogP contribution in [0.3, 0.4) is 0 Å². The largest absolute Gasteiger partial charge is 0.416 e. The van der Waals surface area contributed by atoms with Crippen molar-refractivity contribution in [3.63, 3.8) is 0 Å². The van der Waals surface area contributed by atoms with Gasteiger partial charge in [-0.2, -0.15) is 18.3 Å². The number of carbonyl (C=O) groups excluding carboxylic acids is 1. The molecule has 0 unspecified atom stereocenters. The summed E-state index contributed by atoms with van der Waals surface area (Å²) in [4.78, 5) is 27.9. The number of amides is 1. The number of nitro benzene ring substituents is 1. The molecule has 1 fully saturated rings. The topological polar surface area (TPSA) is 115 Å². The van der Waals surface area contributed by atoms with Crippen molar-refractivity contribution in [2.24, 2.45) is 0 Å². The molecule has 2 N–H and O–H groups in total. The highest BCUT2D eigenvalue weighted by molar-refractivity contribution is 6.06. The normalized spacial score (nSPS) is 14.1. The Morgan fingerprint density at radius 1 is 1.28 bits per heavy atom. The predicted molar refractivity (Wildman–Crippen MR) is 109 cm³/mol. The van der Waals surface area contributed by atoms with E-state index in [0.29, 0.717) is 23.2 Å². The van der Waals surface area contributed by atoms with Crippen LogP contribution in [0.1, 0.15) is 60.3 Å². The number of hydrogen-bond donors (Lipinski definition) is 2. The number of nitrogens with zero attached hydrogens (tertiary/aromatic N) is 4. The summed E-state index contributed by atoms with van der Waals surface area (Å²) in [5.41, 5.74) is 4.05. The standard InChI is InChI=1S/C20H19F3N6O3/c1-10(2)28-18-14(9-24-28)13(8-16(25-18)11-3-4-11)19(30)27-26-15-6-5-12(20(21,22)23)7-17(15)29(31)32/h5-11,26H,3-4H2,1-2H3,(H,27,30). The summed E-state index contributed by atoms with van der Waals surface area (Å²) in [5.74, 6) is -0.359. The number of benzene rings is 1. The SMILES string of the molecule is CC(C)n1ncc2c(C(=O)NNc3ccc(C(F)(F)F)cc3[N+](=O)[O-])cc(C3CC3)nc21. The van der Waals surface area contributed by atoms with E-state index < -0.39 is 28.3 Å². The Balaban J connectivity index is 1.65. The first kappa shape index (κ1) is 21.5. The molecule has 32 heavy (non-hydrogen) atoms. The van der Waals surface area contributed by atoms with Gasteiger partial charge in [-0.05, 0) is 44.9 Å². The summed E-state index contributed by atoms with van der Waals surface area (Å²) in [6.45, 7) is 3.87. The van der Waals surface area contributed by atoms with Crippen LogP contribution in [0.15, 0.2) is 30.5 Å². The molecule has 1 aliphatic carbocycles. The van der Waals surface area contributed by atoms with Gasteiger partial charge in [-0.15, -0.1) is 0 Å². The minimum atomic E-state index is -4.73. The van der Waals surface area contributed by atoms with Crippen LogP contribution in [0.2, 0.25) is 0 Å². The number of hydrazine groups is 1. The van der Waals surface area contributed by atoms with Crippen molar-refractivity contribution < 1.29 is 22.9 Å². The van der Waals surface area contributed by atoms with Gasteiger partial charge >= 0.3 is 6.18 Å². The van der Waals surface area contributed by atoms with Gasteiger partial charge in [-0.25, -0.2) is 9.67 Å². The highest BCUT2D eigenvalue weighted by atomic mass is 19.4. The van der Waals surface area contributed by atoms with E-state index in [9.17, 15) is 28.1 Å². The summed E-state index contributed by atoms with van der Waals surface area (Å²) >= 11 is 0. The van der Waals surface area contributed by atoms with Gasteiger partial charge in [0, 0.05) is 23.7 Å². The van der Waals surface area contributed by atoms with E-state index in [1.807, 2.05) is 13.8 Å². The average Bonchev–Trinajstić information content (AvgIpc) is 3.49. The van der Waals surface area contributed by atoms with Crippen LogP contribution in [0.25, 0.3) is 11.0 Å². The van der Waals surface area contributed by atoms with E-state index in [1.54, 1.807) is 10.7 Å². The summed E-state index contributed by atoms with van der Waals surface area (Å²) in [5, 5.41) is 16.1. The number of nitro groups is 1. The van der Waals surface area contributed by atoms with Crippen molar-refractivity contribution in [1.82, 2.24) is 20.2 Å². The van der Waals surface area contributed by atoms with Crippen molar-refractivity contribution in [2.45, 2.75) is 44.8 Å². The fourth-order valence-corrected chi connectivity index (χ4v) is 3.35. The molecule has 1 aromatic carbocycles. The molecule has 0 saturated heterocycles. The maximum absolute atomic E-state index is 12.9. The fraction of sp³-hybridized carbons (Fsp3) is 0.350. The number of nitrogens with one attached hydrogen (secondary N) is 2. The maximum Gasteiger partial charge on any atom is 0.416 e. The third-order valence-electron chi connectivity index (χ3n) is 5.15. The first-order valence-corrected chi connectivity index (χ1v) is 9.86. The van der Waals surface area contributed by atoms with Crippen LogP contribution in [-0.4, -0.2) is 25.6 Å². The number of anilines is 1. The van der Waals surface area contributed by atoms with Crippen molar-refractivity contribution >= 4 is 28.3 Å². The van der Waals surface area contributed by atoms with Crippen LogP contribution in [-0.2, 0) is 6.18 Å². The van der Waals surface area contributed by atoms with Crippen LogP contribution in [0.4, 0.5) is 24.5 Å². The molecule has 1 saturated carbocycles. The van der Waals surface area contributed by atoms with Crippen LogP contribution >= 0.6 is 0 Å². The molecular weight excluding hydrogens is 429 g/mol. The molecule has 168 valence electrons. The van der Waals surface area contributed by atoms with Crippen LogP contribution in [0.5, 0.6) is 0 Å². The first-order valence-electron chi connectivity index (χ1n) is 9.86. The van der Waals surface area contributed by atoms with Gasteiger partial charge < -0.3 is 0 Å². The lowest BCUT2D eigenvalue weighted by molar-refractivity contribution is -0.384. The molecule has 9 nitrogen and oxygen atoms in total. The zero-order chi connectivity index (χ0) is 23.2. The minimum absolute atomic E-state index is 0.0123. The average molecular weight is 448 g/mol. The number of carbonyl (C=O) groups is 1. The molecule has 0 atom stereocenters. The van der Waals surface area contributed by atoms with E-state index in [2.05, 4.69) is 20.9 Å². The first-order chi connectivity index (χ1) is 15.1. The number of hydrogen-bond acceptors (Lipinski definition) is 6. The highest BCUT2D eigenvalue weighted by Gasteiger charge is 2.33. The Morgan fingerprint density at radius 2 is 2.00 bits per heavy atom. The second-order valence-corrected chi connectivity index (χ2v) is 7.86. The fourth-order valence-electron chi connectivity index (χ4n) is 3.35. The van der Waals surface area contributed by atoms with Crippen molar-refractivity contribution in [1.29, 1.82) is 0 Å². The Hall–Kier alpha value is -3.70. The number of halogens is 3. The predicted octanol–water partition coefficient (Wildman–Crippen LogP) is 4.57. The monoisotopic (exact) mass is 448 g/mol. The summed E-state index contributed by atoms with van der Waals surface area (Å²) in [6.07, 6.45) is -1.28. The van der Waals surface area contributed by atoms with Gasteiger partial charge in [-0.1, -0.05) is 0 Å². The van der Waals surface area contributed by atoms with Gasteiger partial charge in [0.1, 0.15) is 5.69 Å². The third-order valence-corrected chi connectivity index (χ3v) is 5.15. The zero-order valence-corrected chi connectivity index (χ0v) is 17.1. The molecule has 4 rings (SSSR count). The lowest BCUT2D eigenvalue weighted by Gasteiger charge is -2.13. The van der Waals surface area contributed by atoms with Gasteiger partial charge in [0.2, 0.25) is 0 Å². The maximum atomic E-state index is 12.9. The lowest BCUT2D eigenvalue weighted by Crippen LogP contribution is -2.30. The van der Waals surface area contributed by atoms with Gasteiger partial charge in [0.25, 0.3) is 11.6 Å². The number of alkyl halides is 3. The molecule has 0 bridgehead atoms. The summed E-state index contributed by atoms with van der Waals surface area (Å²) < 4.78 is 40.4. The number of aromatic nitrogens is 3. The Morgan fingerprint density at radius 3 is 2.59 bits per heavy atom. The number of fused-ring (bicyclic) bond motifs is 1. The van der Waals surface area contributed by atoms with E-state index in [0.717, 1.165) is 24.6 Å². The number of pyridine rings is 1. The Bertz CT molecular complexity index is 1220. The minimum Gasteiger partial charge on any atom is -0.292 e. The molecule has 0 aliphatic heterocycles. The molecule has 1 aliphatic rings. The van der Waals surface area contributed by atoms with Gasteiger partial charge in [0.15, 0.2) is 5.65 Å². The highest BCUT2D eigenvalue weighted by Crippen LogP contribution is 2.40. The molecular formula is C20H19F3N6O3. The molecule has 2 aromatic heterocycles. The van der Waals surface area contributed by atoms with Crippen molar-refractivity contribution in [2.75, 3.05) is 5.43 Å². The lowest BCUT2D eigenvalue weighted by atomic mass is 10.1. The molecule has 1 amide bonds. The Labute approximate surface area is 179 Å². The number of rotatable bonds is 6. The van der Waals surface area contributed by atoms with E-state index in [4.69, 9.17) is 0 Å². The van der Waals surface area contributed by atoms with Crippen LogP contribution < -0.4 is 10.9 Å². The van der Waals surface area contributed by atoms with E-state index in [1.165, 1.54) is 6.20 Å². The third kappa shape index (κ3) is 4.07. The van der Waals surface area contributed by atoms with E-state index >= 15 is 0 Å². The Kier molecular flexibility index (Phi) is 5.23. The van der Waals surface area contributed by atoms with Crippen molar-refractivity contribution in [3.05, 3.63) is 57.4 Å². The van der Waals surface area contributed by atoms with Crippen LogP contribution in [0, 0.1) is 10.1 Å². The molecule has 12 heteroatoms. The second-order valence-electron chi connectivity index (χ2n) is 7.86. The smallest absolute Gasteiger partial charge is 0.292 e. The summed E-state index contributed by atoms with van der Waals surface area (Å²) in [7, 11) is 0. The van der Waals surface area contributed by atoms with Gasteiger partial charge in [-0.3, -0.25) is 25.8 Å². The molecule has 0 radical (unpaired) electrons. The van der Waals surface area contributed by atoms with Gasteiger partial charge in [0.05, 0.1) is 27.6 Å². The zero-order valence-electron chi connectivity index (χ0n) is 17.1. The molecule has 2 heterocycles. The molecule has 0 spiro atoms.